The molecule has 0 fully saturated rings. The van der Waals surface area contributed by atoms with Gasteiger partial charge in [-0.1, -0.05) is 40.2 Å². The fourth-order valence-corrected chi connectivity index (χ4v) is 1.89. The molecule has 18 heavy (non-hydrogen) atoms. The predicted molar refractivity (Wildman–Crippen MR) is 73.4 cm³/mol. The second kappa shape index (κ2) is 5.78. The summed E-state index contributed by atoms with van der Waals surface area (Å²) in [6, 6.07) is 13.3. The van der Waals surface area contributed by atoms with Crippen LogP contribution >= 0.6 is 15.9 Å². The molecule has 0 saturated heterocycles. The third kappa shape index (κ3) is 2.96. The van der Waals surface area contributed by atoms with E-state index in [9.17, 15) is 9.18 Å². The topological polar surface area (TPSA) is 29.1 Å². The van der Waals surface area contributed by atoms with Gasteiger partial charge in [0, 0.05) is 11.0 Å². The summed E-state index contributed by atoms with van der Waals surface area (Å²) in [5, 5.41) is 3.41. The number of alkyl halides is 1. The Morgan fingerprint density at radius 1 is 1.11 bits per heavy atom. The van der Waals surface area contributed by atoms with Gasteiger partial charge in [-0.15, -0.1) is 0 Å². The zero-order valence-corrected chi connectivity index (χ0v) is 11.1. The van der Waals surface area contributed by atoms with Crippen molar-refractivity contribution in [3.63, 3.8) is 0 Å². The van der Waals surface area contributed by atoms with E-state index in [0.717, 1.165) is 10.9 Å². The van der Waals surface area contributed by atoms with Crippen LogP contribution in [0.2, 0.25) is 0 Å². The largest absolute Gasteiger partial charge is 0.322 e. The van der Waals surface area contributed by atoms with E-state index < -0.39 is 11.7 Å². The molecule has 4 heteroatoms. The first-order valence-electron chi connectivity index (χ1n) is 5.41. The van der Waals surface area contributed by atoms with Gasteiger partial charge in [-0.3, -0.25) is 4.79 Å². The number of amides is 1. The van der Waals surface area contributed by atoms with E-state index in [2.05, 4.69) is 21.2 Å². The van der Waals surface area contributed by atoms with E-state index in [-0.39, 0.29) is 5.56 Å². The molecular weight excluding hydrogens is 297 g/mol. The summed E-state index contributed by atoms with van der Waals surface area (Å²) in [6.07, 6.45) is 0. The minimum Gasteiger partial charge on any atom is -0.322 e. The number of benzene rings is 2. The van der Waals surface area contributed by atoms with Gasteiger partial charge in [0.15, 0.2) is 0 Å². The van der Waals surface area contributed by atoms with Crippen molar-refractivity contribution in [2.45, 2.75) is 5.33 Å². The maximum atomic E-state index is 13.4. The fourth-order valence-electron chi connectivity index (χ4n) is 1.52. The van der Waals surface area contributed by atoms with Crippen LogP contribution in [-0.4, -0.2) is 5.91 Å². The van der Waals surface area contributed by atoms with Crippen molar-refractivity contribution in [1.82, 2.24) is 0 Å². The summed E-state index contributed by atoms with van der Waals surface area (Å²) in [4.78, 5) is 11.8. The van der Waals surface area contributed by atoms with Gasteiger partial charge >= 0.3 is 0 Å². The van der Waals surface area contributed by atoms with Crippen molar-refractivity contribution in [2.24, 2.45) is 0 Å². The maximum absolute atomic E-state index is 13.4. The third-order valence-corrected chi connectivity index (χ3v) is 3.13. The molecule has 0 saturated carbocycles. The molecule has 0 aromatic heterocycles. The third-order valence-electron chi connectivity index (χ3n) is 2.48. The summed E-state index contributed by atoms with van der Waals surface area (Å²) in [6.45, 7) is 0. The van der Waals surface area contributed by atoms with Crippen LogP contribution in [0.3, 0.4) is 0 Å². The molecule has 0 aliphatic rings. The molecule has 2 aromatic rings. The first kappa shape index (κ1) is 12.8. The number of hydrogen-bond donors (Lipinski definition) is 1. The highest BCUT2D eigenvalue weighted by Crippen LogP contribution is 2.14. The van der Waals surface area contributed by atoms with Crippen LogP contribution in [0.15, 0.2) is 48.5 Å². The second-order valence-corrected chi connectivity index (χ2v) is 4.33. The highest BCUT2D eigenvalue weighted by molar-refractivity contribution is 9.08. The normalized spacial score (nSPS) is 10.1. The number of halogens is 2. The lowest BCUT2D eigenvalue weighted by molar-refractivity contribution is 0.102. The lowest BCUT2D eigenvalue weighted by Gasteiger charge is -2.06. The maximum Gasteiger partial charge on any atom is 0.258 e. The number of carbonyl (C=O) groups excluding carboxylic acids is 1. The minimum absolute atomic E-state index is 0.0436. The molecule has 0 radical (unpaired) electrons. The van der Waals surface area contributed by atoms with Gasteiger partial charge in [-0.2, -0.15) is 0 Å². The standard InChI is InChI=1S/C14H11BrFNO/c15-9-10-5-7-11(8-6-10)17-14(18)12-3-1-2-4-13(12)16/h1-8H,9H2,(H,17,18). The van der Waals surface area contributed by atoms with Crippen LogP contribution in [0.1, 0.15) is 15.9 Å². The molecule has 1 amide bonds. The highest BCUT2D eigenvalue weighted by atomic mass is 79.9. The zero-order valence-electron chi connectivity index (χ0n) is 9.49. The van der Waals surface area contributed by atoms with E-state index in [4.69, 9.17) is 0 Å². The lowest BCUT2D eigenvalue weighted by Crippen LogP contribution is -2.13. The Balaban J connectivity index is 2.14. The molecule has 0 aliphatic heterocycles. The molecule has 92 valence electrons. The van der Waals surface area contributed by atoms with E-state index in [1.807, 2.05) is 12.1 Å². The lowest BCUT2D eigenvalue weighted by atomic mass is 10.2. The summed E-state index contributed by atoms with van der Waals surface area (Å²) in [7, 11) is 0. The number of nitrogens with one attached hydrogen (secondary N) is 1. The van der Waals surface area contributed by atoms with Gasteiger partial charge in [0.1, 0.15) is 5.82 Å². The van der Waals surface area contributed by atoms with Crippen LogP contribution in [0.25, 0.3) is 0 Å². The fraction of sp³-hybridized carbons (Fsp3) is 0.0714. The quantitative estimate of drug-likeness (QED) is 0.854. The van der Waals surface area contributed by atoms with Gasteiger partial charge in [0.25, 0.3) is 5.91 Å². The van der Waals surface area contributed by atoms with Gasteiger partial charge in [0.2, 0.25) is 0 Å². The first-order chi connectivity index (χ1) is 8.70. The molecule has 2 rings (SSSR count). The van der Waals surface area contributed by atoms with Crippen molar-refractivity contribution in [1.29, 1.82) is 0 Å². The Kier molecular flexibility index (Phi) is 4.10. The molecule has 0 heterocycles. The van der Waals surface area contributed by atoms with Crippen LogP contribution in [0, 0.1) is 5.82 Å². The van der Waals surface area contributed by atoms with Crippen LogP contribution in [0.4, 0.5) is 10.1 Å². The Bertz CT molecular complexity index is 554. The van der Waals surface area contributed by atoms with E-state index in [1.54, 1.807) is 24.3 Å². The highest BCUT2D eigenvalue weighted by Gasteiger charge is 2.10. The average molecular weight is 308 g/mol. The van der Waals surface area contributed by atoms with Crippen LogP contribution in [0.5, 0.6) is 0 Å². The molecule has 0 atom stereocenters. The Morgan fingerprint density at radius 2 is 1.78 bits per heavy atom. The number of carbonyl (C=O) groups is 1. The molecular formula is C14H11BrFNO. The molecule has 1 N–H and O–H groups in total. The van der Waals surface area contributed by atoms with Crippen molar-refractivity contribution in [2.75, 3.05) is 5.32 Å². The Labute approximate surface area is 113 Å². The van der Waals surface area contributed by atoms with E-state index >= 15 is 0 Å². The molecule has 0 bridgehead atoms. The van der Waals surface area contributed by atoms with Crippen LogP contribution in [-0.2, 0) is 5.33 Å². The summed E-state index contributed by atoms with van der Waals surface area (Å²) in [5.74, 6) is -0.966. The molecule has 2 nitrogen and oxygen atoms in total. The van der Waals surface area contributed by atoms with Crippen molar-refractivity contribution < 1.29 is 9.18 Å². The smallest absolute Gasteiger partial charge is 0.258 e. The number of rotatable bonds is 3. The summed E-state index contributed by atoms with van der Waals surface area (Å²) in [5.41, 5.74) is 1.80. The van der Waals surface area contributed by atoms with Crippen molar-refractivity contribution in [3.8, 4) is 0 Å². The van der Waals surface area contributed by atoms with Gasteiger partial charge in [0.05, 0.1) is 5.56 Å². The Hall–Kier alpha value is -1.68. The monoisotopic (exact) mass is 307 g/mol. The molecule has 0 spiro atoms. The zero-order chi connectivity index (χ0) is 13.0. The van der Waals surface area contributed by atoms with E-state index in [1.165, 1.54) is 12.1 Å². The van der Waals surface area contributed by atoms with E-state index in [0.29, 0.717) is 5.69 Å². The van der Waals surface area contributed by atoms with Crippen molar-refractivity contribution in [3.05, 3.63) is 65.5 Å². The average Bonchev–Trinajstić information content (AvgIpc) is 2.40. The Morgan fingerprint density at radius 3 is 2.39 bits per heavy atom. The van der Waals surface area contributed by atoms with Crippen molar-refractivity contribution >= 4 is 27.5 Å². The van der Waals surface area contributed by atoms with Gasteiger partial charge < -0.3 is 5.32 Å². The predicted octanol–water partition coefficient (Wildman–Crippen LogP) is 3.97. The SMILES string of the molecule is O=C(Nc1ccc(CBr)cc1)c1ccccc1F. The summed E-state index contributed by atoms with van der Waals surface area (Å²) >= 11 is 3.34. The summed E-state index contributed by atoms with van der Waals surface area (Å²) < 4.78 is 13.4. The van der Waals surface area contributed by atoms with Crippen LogP contribution < -0.4 is 5.32 Å². The molecule has 0 unspecified atom stereocenters. The first-order valence-corrected chi connectivity index (χ1v) is 6.53. The molecule has 2 aromatic carbocycles. The minimum atomic E-state index is -0.521. The molecule has 0 aliphatic carbocycles. The van der Waals surface area contributed by atoms with Gasteiger partial charge in [-0.25, -0.2) is 4.39 Å². The second-order valence-electron chi connectivity index (χ2n) is 3.76. The van der Waals surface area contributed by atoms with Gasteiger partial charge in [-0.05, 0) is 29.8 Å². The number of anilines is 1. The number of hydrogen-bond acceptors (Lipinski definition) is 1.